The fourth-order valence-electron chi connectivity index (χ4n) is 2.59. The predicted molar refractivity (Wildman–Crippen MR) is 112 cm³/mol. The van der Waals surface area contributed by atoms with Gasteiger partial charge in [0.05, 0.1) is 5.02 Å². The van der Waals surface area contributed by atoms with E-state index < -0.39 is 0 Å². The molecule has 0 bridgehead atoms. The Morgan fingerprint density at radius 3 is 2.56 bits per heavy atom. The molecule has 0 spiro atoms. The van der Waals surface area contributed by atoms with Crippen LogP contribution in [-0.2, 0) is 12.3 Å². The van der Waals surface area contributed by atoms with E-state index in [0.717, 1.165) is 33.9 Å². The standard InChI is InChI=1S/C19H18Cl3N3OS/c1-3-25-18(12(2)26-17-8-7-15(21)10-16(17)22)23-24-19(25)27-11-13-5-4-6-14(20)9-13/h4-10,12H,3,11H2,1-2H3. The van der Waals surface area contributed by atoms with Crippen LogP contribution in [0.2, 0.25) is 15.1 Å². The Morgan fingerprint density at radius 1 is 1.07 bits per heavy atom. The van der Waals surface area contributed by atoms with Gasteiger partial charge in [-0.05, 0) is 49.7 Å². The van der Waals surface area contributed by atoms with Crippen LogP contribution in [0.15, 0.2) is 47.6 Å². The lowest BCUT2D eigenvalue weighted by Crippen LogP contribution is -2.12. The molecule has 4 nitrogen and oxygen atoms in total. The molecule has 1 atom stereocenters. The van der Waals surface area contributed by atoms with Crippen molar-refractivity contribution in [3.8, 4) is 5.75 Å². The molecule has 0 fully saturated rings. The lowest BCUT2D eigenvalue weighted by Gasteiger charge is -2.16. The molecule has 0 saturated heterocycles. The van der Waals surface area contributed by atoms with Crippen molar-refractivity contribution in [1.29, 1.82) is 0 Å². The maximum atomic E-state index is 6.20. The SMILES string of the molecule is CCn1c(SCc2cccc(Cl)c2)nnc1C(C)Oc1ccc(Cl)cc1Cl. The first-order valence-corrected chi connectivity index (χ1v) is 10.5. The average Bonchev–Trinajstić information content (AvgIpc) is 3.05. The molecule has 3 aromatic rings. The van der Waals surface area contributed by atoms with E-state index in [0.29, 0.717) is 15.8 Å². The second-order valence-electron chi connectivity index (χ2n) is 5.84. The number of hydrogen-bond acceptors (Lipinski definition) is 4. The highest BCUT2D eigenvalue weighted by Gasteiger charge is 2.19. The molecular weight excluding hydrogens is 425 g/mol. The van der Waals surface area contributed by atoms with Gasteiger partial charge in [0.15, 0.2) is 17.1 Å². The Kier molecular flexibility index (Phi) is 6.93. The molecule has 3 rings (SSSR count). The van der Waals surface area contributed by atoms with Crippen LogP contribution in [0, 0.1) is 0 Å². The summed E-state index contributed by atoms with van der Waals surface area (Å²) in [4.78, 5) is 0. The zero-order chi connectivity index (χ0) is 19.4. The van der Waals surface area contributed by atoms with Crippen LogP contribution in [0.4, 0.5) is 0 Å². The van der Waals surface area contributed by atoms with Gasteiger partial charge in [0.1, 0.15) is 5.75 Å². The number of aromatic nitrogens is 3. The molecule has 0 amide bonds. The van der Waals surface area contributed by atoms with Gasteiger partial charge in [0.2, 0.25) is 0 Å². The second-order valence-corrected chi connectivity index (χ2v) is 8.06. The van der Waals surface area contributed by atoms with Crippen LogP contribution in [0.3, 0.4) is 0 Å². The summed E-state index contributed by atoms with van der Waals surface area (Å²) in [5.41, 5.74) is 1.14. The van der Waals surface area contributed by atoms with Gasteiger partial charge < -0.3 is 9.30 Å². The highest BCUT2D eigenvalue weighted by molar-refractivity contribution is 7.98. The van der Waals surface area contributed by atoms with Crippen LogP contribution in [0.1, 0.15) is 31.3 Å². The molecular formula is C19H18Cl3N3OS. The summed E-state index contributed by atoms with van der Waals surface area (Å²) in [5.74, 6) is 2.07. The van der Waals surface area contributed by atoms with Crippen molar-refractivity contribution < 1.29 is 4.74 Å². The van der Waals surface area contributed by atoms with Crippen molar-refractivity contribution in [2.45, 2.75) is 37.4 Å². The van der Waals surface area contributed by atoms with Crippen LogP contribution >= 0.6 is 46.6 Å². The van der Waals surface area contributed by atoms with Crippen LogP contribution in [0.25, 0.3) is 0 Å². The Morgan fingerprint density at radius 2 is 1.85 bits per heavy atom. The van der Waals surface area contributed by atoms with Gasteiger partial charge in [0, 0.05) is 22.3 Å². The molecule has 1 heterocycles. The number of nitrogens with zero attached hydrogens (tertiary/aromatic N) is 3. The topological polar surface area (TPSA) is 39.9 Å². The number of ether oxygens (including phenoxy) is 1. The normalized spacial score (nSPS) is 12.2. The maximum absolute atomic E-state index is 6.20. The molecule has 142 valence electrons. The van der Waals surface area contributed by atoms with E-state index in [9.17, 15) is 0 Å². The summed E-state index contributed by atoms with van der Waals surface area (Å²) in [5, 5.41) is 11.3. The molecule has 0 aliphatic carbocycles. The van der Waals surface area contributed by atoms with Gasteiger partial charge in [-0.3, -0.25) is 0 Å². The summed E-state index contributed by atoms with van der Waals surface area (Å²) in [7, 11) is 0. The maximum Gasteiger partial charge on any atom is 0.191 e. The largest absolute Gasteiger partial charge is 0.481 e. The van der Waals surface area contributed by atoms with Crippen LogP contribution in [-0.4, -0.2) is 14.8 Å². The third kappa shape index (κ3) is 5.11. The van der Waals surface area contributed by atoms with E-state index in [1.807, 2.05) is 35.8 Å². The third-order valence-electron chi connectivity index (χ3n) is 3.88. The quantitative estimate of drug-likeness (QED) is 0.382. The molecule has 0 N–H and O–H groups in total. The monoisotopic (exact) mass is 441 g/mol. The first-order chi connectivity index (χ1) is 13.0. The van der Waals surface area contributed by atoms with Gasteiger partial charge in [-0.25, -0.2) is 0 Å². The van der Waals surface area contributed by atoms with Crippen LogP contribution in [0.5, 0.6) is 5.75 Å². The zero-order valence-corrected chi connectivity index (χ0v) is 17.9. The highest BCUT2D eigenvalue weighted by Crippen LogP contribution is 2.32. The minimum Gasteiger partial charge on any atom is -0.481 e. The number of halogens is 3. The Balaban J connectivity index is 1.74. The lowest BCUT2D eigenvalue weighted by molar-refractivity contribution is 0.210. The highest BCUT2D eigenvalue weighted by atomic mass is 35.5. The van der Waals surface area contributed by atoms with Gasteiger partial charge in [-0.15, -0.1) is 10.2 Å². The van der Waals surface area contributed by atoms with Crippen molar-refractivity contribution in [3.63, 3.8) is 0 Å². The molecule has 0 aliphatic heterocycles. The Hall–Kier alpha value is -1.40. The zero-order valence-electron chi connectivity index (χ0n) is 14.8. The van der Waals surface area contributed by atoms with E-state index in [4.69, 9.17) is 39.5 Å². The van der Waals surface area contributed by atoms with Crippen LogP contribution < -0.4 is 4.74 Å². The number of rotatable bonds is 7. The molecule has 1 unspecified atom stereocenters. The number of hydrogen-bond donors (Lipinski definition) is 0. The van der Waals surface area contributed by atoms with E-state index in [-0.39, 0.29) is 6.10 Å². The van der Waals surface area contributed by atoms with Gasteiger partial charge in [0.25, 0.3) is 0 Å². The average molecular weight is 443 g/mol. The lowest BCUT2D eigenvalue weighted by atomic mass is 10.2. The second kappa shape index (κ2) is 9.20. The van der Waals surface area contributed by atoms with Crippen molar-refractivity contribution in [1.82, 2.24) is 14.8 Å². The Labute approximate surface area is 177 Å². The first-order valence-electron chi connectivity index (χ1n) is 8.40. The van der Waals surface area contributed by atoms with Crippen molar-refractivity contribution >= 4 is 46.6 Å². The van der Waals surface area contributed by atoms with E-state index in [1.54, 1.807) is 30.0 Å². The number of benzene rings is 2. The minimum atomic E-state index is -0.309. The molecule has 2 aromatic carbocycles. The molecule has 8 heteroatoms. The fraction of sp³-hybridized carbons (Fsp3) is 0.263. The van der Waals surface area contributed by atoms with Gasteiger partial charge in [-0.1, -0.05) is 58.7 Å². The predicted octanol–water partition coefficient (Wildman–Crippen LogP) is 6.69. The summed E-state index contributed by atoms with van der Waals surface area (Å²) >= 11 is 19.8. The first kappa shape index (κ1) is 20.3. The molecule has 0 saturated carbocycles. The molecule has 0 radical (unpaired) electrons. The van der Waals surface area contributed by atoms with Crippen molar-refractivity contribution in [3.05, 3.63) is 68.9 Å². The van der Waals surface area contributed by atoms with Crippen molar-refractivity contribution in [2.75, 3.05) is 0 Å². The van der Waals surface area contributed by atoms with E-state index in [1.165, 1.54) is 0 Å². The van der Waals surface area contributed by atoms with E-state index in [2.05, 4.69) is 17.1 Å². The minimum absolute atomic E-state index is 0.309. The molecule has 27 heavy (non-hydrogen) atoms. The van der Waals surface area contributed by atoms with Gasteiger partial charge >= 0.3 is 0 Å². The summed E-state index contributed by atoms with van der Waals surface area (Å²) in [6, 6.07) is 13.0. The third-order valence-corrected chi connectivity index (χ3v) is 5.68. The smallest absolute Gasteiger partial charge is 0.191 e. The fourth-order valence-corrected chi connectivity index (χ4v) is 4.21. The van der Waals surface area contributed by atoms with Gasteiger partial charge in [-0.2, -0.15) is 0 Å². The molecule has 0 aliphatic rings. The Bertz CT molecular complexity index is 932. The number of thioether (sulfide) groups is 1. The summed E-state index contributed by atoms with van der Waals surface area (Å²) in [6.07, 6.45) is -0.309. The summed E-state index contributed by atoms with van der Waals surface area (Å²) in [6.45, 7) is 4.72. The van der Waals surface area contributed by atoms with Crippen molar-refractivity contribution in [2.24, 2.45) is 0 Å². The van der Waals surface area contributed by atoms with E-state index >= 15 is 0 Å². The molecule has 1 aromatic heterocycles. The summed E-state index contributed by atoms with van der Waals surface area (Å²) < 4.78 is 8.03.